The molecule has 0 aliphatic rings. The highest BCUT2D eigenvalue weighted by atomic mass is 32.1. The molecule has 2 aromatic rings. The molecule has 3 nitrogen and oxygen atoms in total. The van der Waals surface area contributed by atoms with Crippen molar-refractivity contribution in [1.29, 1.82) is 0 Å². The predicted molar refractivity (Wildman–Crippen MR) is 80.0 cm³/mol. The van der Waals surface area contributed by atoms with Crippen LogP contribution in [0.3, 0.4) is 0 Å². The first-order valence-corrected chi connectivity index (χ1v) is 6.23. The highest BCUT2D eigenvalue weighted by Crippen LogP contribution is 2.14. The number of pyridine rings is 1. The molecule has 0 fully saturated rings. The van der Waals surface area contributed by atoms with Gasteiger partial charge in [-0.15, -0.1) is 0 Å². The zero-order valence-electron chi connectivity index (χ0n) is 10.7. The Bertz CT molecular complexity index is 593. The van der Waals surface area contributed by atoms with E-state index >= 15 is 0 Å². The number of nitrogens with zero attached hydrogens (tertiary/aromatic N) is 1. The summed E-state index contributed by atoms with van der Waals surface area (Å²) in [5.41, 5.74) is 2.32. The van der Waals surface area contributed by atoms with Crippen LogP contribution in [0.1, 0.15) is 11.3 Å². The number of aryl methyl sites for hydroxylation is 2. The van der Waals surface area contributed by atoms with Crippen LogP contribution in [0.25, 0.3) is 0 Å². The van der Waals surface area contributed by atoms with Gasteiger partial charge in [-0.2, -0.15) is 0 Å². The highest BCUT2D eigenvalue weighted by Gasteiger charge is 2.04. The first kappa shape index (κ1) is 13.4. The largest absolute Gasteiger partial charge is 0.330 e. The number of para-hydroxylation sites is 1. The monoisotopic (exact) mass is 275 g/mol. The van der Waals surface area contributed by atoms with Crippen LogP contribution in [-0.2, 0) is 0 Å². The summed E-state index contributed by atoms with van der Waals surface area (Å²) in [5, 5.41) is 6.05. The van der Waals surface area contributed by atoms with Gasteiger partial charge in [0.05, 0.1) is 5.69 Å². The van der Waals surface area contributed by atoms with Gasteiger partial charge in [-0.1, -0.05) is 12.1 Å². The van der Waals surface area contributed by atoms with Crippen LogP contribution in [0.4, 0.5) is 15.9 Å². The molecule has 0 atom stereocenters. The molecule has 0 bridgehead atoms. The number of benzene rings is 1. The summed E-state index contributed by atoms with van der Waals surface area (Å²) >= 11 is 5.14. The van der Waals surface area contributed by atoms with E-state index in [0.717, 1.165) is 11.3 Å². The minimum atomic E-state index is -0.347. The molecule has 0 saturated heterocycles. The summed E-state index contributed by atoms with van der Waals surface area (Å²) in [6.07, 6.45) is 0. The number of aromatic nitrogens is 1. The van der Waals surface area contributed by atoms with Crippen molar-refractivity contribution in [3.63, 3.8) is 0 Å². The molecule has 0 unspecified atom stereocenters. The molecule has 1 aromatic carbocycles. The van der Waals surface area contributed by atoms with E-state index in [9.17, 15) is 4.39 Å². The Balaban J connectivity index is 2.07. The van der Waals surface area contributed by atoms with Crippen molar-refractivity contribution in [1.82, 2.24) is 4.98 Å². The van der Waals surface area contributed by atoms with Crippen molar-refractivity contribution in [3.05, 3.63) is 53.5 Å². The summed E-state index contributed by atoms with van der Waals surface area (Å²) in [4.78, 5) is 4.31. The van der Waals surface area contributed by atoms with Gasteiger partial charge in [0.2, 0.25) is 0 Å². The van der Waals surface area contributed by atoms with Crippen LogP contribution in [-0.4, -0.2) is 10.1 Å². The van der Waals surface area contributed by atoms with E-state index < -0.39 is 0 Å². The van der Waals surface area contributed by atoms with Gasteiger partial charge in [-0.3, -0.25) is 0 Å². The van der Waals surface area contributed by atoms with Gasteiger partial charge in [0.15, 0.2) is 5.11 Å². The zero-order valence-corrected chi connectivity index (χ0v) is 11.5. The number of anilines is 2. The van der Waals surface area contributed by atoms with Crippen molar-refractivity contribution in [2.45, 2.75) is 13.8 Å². The Hall–Kier alpha value is -2.01. The third-order valence-corrected chi connectivity index (χ3v) is 2.67. The number of halogens is 1. The Labute approximate surface area is 116 Å². The Morgan fingerprint density at radius 1 is 1.16 bits per heavy atom. The maximum Gasteiger partial charge on any atom is 0.176 e. The molecular formula is C14H14FN3S. The Morgan fingerprint density at radius 3 is 2.58 bits per heavy atom. The van der Waals surface area contributed by atoms with Crippen molar-refractivity contribution >= 4 is 28.8 Å². The predicted octanol–water partition coefficient (Wildman–Crippen LogP) is 3.65. The molecule has 19 heavy (non-hydrogen) atoms. The summed E-state index contributed by atoms with van der Waals surface area (Å²) in [6.45, 7) is 3.89. The molecule has 2 N–H and O–H groups in total. The van der Waals surface area contributed by atoms with Crippen LogP contribution in [0.2, 0.25) is 0 Å². The fourth-order valence-electron chi connectivity index (χ4n) is 1.74. The molecule has 0 amide bonds. The minimum absolute atomic E-state index is 0.308. The Morgan fingerprint density at radius 2 is 1.89 bits per heavy atom. The summed E-state index contributed by atoms with van der Waals surface area (Å²) < 4.78 is 13.5. The van der Waals surface area contributed by atoms with Crippen molar-refractivity contribution < 1.29 is 4.39 Å². The second kappa shape index (κ2) is 5.75. The van der Waals surface area contributed by atoms with Crippen LogP contribution >= 0.6 is 12.2 Å². The zero-order chi connectivity index (χ0) is 13.8. The van der Waals surface area contributed by atoms with Crippen molar-refractivity contribution in [2.24, 2.45) is 0 Å². The number of nitrogens with one attached hydrogen (secondary N) is 2. The topological polar surface area (TPSA) is 37.0 Å². The second-order valence-corrected chi connectivity index (χ2v) is 4.64. The summed E-state index contributed by atoms with van der Waals surface area (Å²) in [7, 11) is 0. The molecule has 0 spiro atoms. The van der Waals surface area contributed by atoms with Gasteiger partial charge >= 0.3 is 0 Å². The van der Waals surface area contributed by atoms with Crippen LogP contribution in [0, 0.1) is 19.7 Å². The van der Waals surface area contributed by atoms with Gasteiger partial charge in [-0.05, 0) is 55.9 Å². The first-order chi connectivity index (χ1) is 9.04. The number of hydrogen-bond donors (Lipinski definition) is 2. The van der Waals surface area contributed by atoms with E-state index in [0.29, 0.717) is 16.6 Å². The van der Waals surface area contributed by atoms with Gasteiger partial charge in [0, 0.05) is 5.69 Å². The third-order valence-electron chi connectivity index (χ3n) is 2.46. The lowest BCUT2D eigenvalue weighted by molar-refractivity contribution is 0.632. The Kier molecular flexibility index (Phi) is 4.06. The average molecular weight is 275 g/mol. The SMILES string of the molecule is Cc1cc(C)nc(NC(=S)Nc2ccccc2F)c1. The first-order valence-electron chi connectivity index (χ1n) is 5.82. The van der Waals surface area contributed by atoms with E-state index in [2.05, 4.69) is 15.6 Å². The van der Waals surface area contributed by atoms with Crippen LogP contribution < -0.4 is 10.6 Å². The molecular weight excluding hydrogens is 261 g/mol. The van der Waals surface area contributed by atoms with Crippen LogP contribution in [0.5, 0.6) is 0 Å². The van der Waals surface area contributed by atoms with E-state index in [1.807, 2.05) is 26.0 Å². The fraction of sp³-hybridized carbons (Fsp3) is 0.143. The number of rotatable bonds is 2. The molecule has 2 rings (SSSR count). The quantitative estimate of drug-likeness (QED) is 0.820. The lowest BCUT2D eigenvalue weighted by atomic mass is 10.2. The van der Waals surface area contributed by atoms with Gasteiger partial charge in [0.1, 0.15) is 11.6 Å². The van der Waals surface area contributed by atoms with E-state index in [-0.39, 0.29) is 5.82 Å². The maximum absolute atomic E-state index is 13.5. The van der Waals surface area contributed by atoms with E-state index in [4.69, 9.17) is 12.2 Å². The lowest BCUT2D eigenvalue weighted by Crippen LogP contribution is -2.20. The van der Waals surface area contributed by atoms with E-state index in [1.165, 1.54) is 6.07 Å². The standard InChI is InChI=1S/C14H14FN3S/c1-9-7-10(2)16-13(8-9)18-14(19)17-12-6-4-3-5-11(12)15/h3-8H,1-2H3,(H2,16,17,18,19). The van der Waals surface area contributed by atoms with Crippen molar-refractivity contribution in [3.8, 4) is 0 Å². The average Bonchev–Trinajstić information content (AvgIpc) is 2.30. The third kappa shape index (κ3) is 3.72. The highest BCUT2D eigenvalue weighted by molar-refractivity contribution is 7.80. The summed E-state index contributed by atoms with van der Waals surface area (Å²) in [6, 6.07) is 10.2. The molecule has 0 radical (unpaired) electrons. The van der Waals surface area contributed by atoms with Gasteiger partial charge < -0.3 is 10.6 Å². The van der Waals surface area contributed by atoms with Gasteiger partial charge in [-0.25, -0.2) is 9.37 Å². The minimum Gasteiger partial charge on any atom is -0.330 e. The normalized spacial score (nSPS) is 10.1. The summed E-state index contributed by atoms with van der Waals surface area (Å²) in [5.74, 6) is 0.298. The molecule has 98 valence electrons. The van der Waals surface area contributed by atoms with Gasteiger partial charge in [0.25, 0.3) is 0 Å². The number of hydrogen-bond acceptors (Lipinski definition) is 2. The molecule has 1 aromatic heterocycles. The molecule has 1 heterocycles. The number of thiocarbonyl (C=S) groups is 1. The molecule has 0 aliphatic carbocycles. The maximum atomic E-state index is 13.5. The second-order valence-electron chi connectivity index (χ2n) is 4.23. The lowest BCUT2D eigenvalue weighted by Gasteiger charge is -2.11. The fourth-order valence-corrected chi connectivity index (χ4v) is 1.95. The van der Waals surface area contributed by atoms with E-state index in [1.54, 1.807) is 18.2 Å². The van der Waals surface area contributed by atoms with Crippen molar-refractivity contribution in [2.75, 3.05) is 10.6 Å². The molecule has 0 saturated carbocycles. The molecule has 5 heteroatoms. The van der Waals surface area contributed by atoms with Crippen LogP contribution in [0.15, 0.2) is 36.4 Å². The molecule has 0 aliphatic heterocycles. The smallest absolute Gasteiger partial charge is 0.176 e.